The van der Waals surface area contributed by atoms with E-state index in [1.165, 1.54) is 26.4 Å². The summed E-state index contributed by atoms with van der Waals surface area (Å²) in [5.41, 5.74) is 0. The summed E-state index contributed by atoms with van der Waals surface area (Å²) < 4.78 is 4.56. The predicted octanol–water partition coefficient (Wildman–Crippen LogP) is 3.20. The fraction of sp³-hybridized carbons (Fsp3) is 0.867. The Hall–Kier alpha value is -1.06. The van der Waals surface area contributed by atoms with E-state index in [0.29, 0.717) is 12.8 Å². The molecule has 19 heavy (non-hydrogen) atoms. The van der Waals surface area contributed by atoms with Crippen molar-refractivity contribution in [1.82, 2.24) is 5.32 Å². The number of ether oxygens (including phenoxy) is 1. The minimum absolute atomic E-state index is 0.156. The quantitative estimate of drug-likeness (QED) is 0.438. The fourth-order valence-corrected chi connectivity index (χ4v) is 1.88. The number of amides is 1. The van der Waals surface area contributed by atoms with Crippen LogP contribution in [0.2, 0.25) is 0 Å². The Balaban J connectivity index is 3.22. The van der Waals surface area contributed by atoms with Crippen LogP contribution in [0.1, 0.15) is 71.1 Å². The Morgan fingerprint density at radius 3 is 2.21 bits per heavy atom. The molecule has 0 aromatic carbocycles. The average molecular weight is 271 g/mol. The van der Waals surface area contributed by atoms with E-state index in [4.69, 9.17) is 0 Å². The van der Waals surface area contributed by atoms with Gasteiger partial charge in [0.1, 0.15) is 0 Å². The highest BCUT2D eigenvalue weighted by Gasteiger charge is 2.01. The van der Waals surface area contributed by atoms with Crippen molar-refractivity contribution in [3.63, 3.8) is 0 Å². The predicted molar refractivity (Wildman–Crippen MR) is 76.9 cm³/mol. The highest BCUT2D eigenvalue weighted by atomic mass is 16.5. The first-order valence-corrected chi connectivity index (χ1v) is 7.54. The van der Waals surface area contributed by atoms with Crippen LogP contribution in [0.15, 0.2) is 0 Å². The van der Waals surface area contributed by atoms with E-state index in [-0.39, 0.29) is 11.9 Å². The molecule has 0 aromatic heterocycles. The number of methoxy groups -OCH3 is 1. The second-order valence-corrected chi connectivity index (χ2v) is 4.90. The van der Waals surface area contributed by atoms with Crippen molar-refractivity contribution in [2.75, 3.05) is 13.7 Å². The van der Waals surface area contributed by atoms with Crippen LogP contribution in [0.5, 0.6) is 0 Å². The Kier molecular flexibility index (Phi) is 12.6. The molecule has 0 aliphatic carbocycles. The van der Waals surface area contributed by atoms with E-state index >= 15 is 0 Å². The van der Waals surface area contributed by atoms with Gasteiger partial charge in [-0.25, -0.2) is 0 Å². The third-order valence-corrected chi connectivity index (χ3v) is 3.11. The molecule has 4 heteroatoms. The van der Waals surface area contributed by atoms with Gasteiger partial charge < -0.3 is 10.1 Å². The minimum Gasteiger partial charge on any atom is -0.469 e. The maximum atomic E-state index is 11.5. The van der Waals surface area contributed by atoms with Crippen LogP contribution in [0, 0.1) is 0 Å². The molecule has 0 aliphatic heterocycles. The van der Waals surface area contributed by atoms with Gasteiger partial charge in [0.15, 0.2) is 0 Å². The van der Waals surface area contributed by atoms with Crippen molar-refractivity contribution in [3.05, 3.63) is 0 Å². The lowest BCUT2D eigenvalue weighted by molar-refractivity contribution is -0.140. The summed E-state index contributed by atoms with van der Waals surface area (Å²) in [5, 5.41) is 2.92. The summed E-state index contributed by atoms with van der Waals surface area (Å²) in [6.07, 6.45) is 9.71. The molecule has 0 heterocycles. The van der Waals surface area contributed by atoms with Gasteiger partial charge in [0.05, 0.1) is 7.11 Å². The minimum atomic E-state index is -0.156. The van der Waals surface area contributed by atoms with E-state index < -0.39 is 0 Å². The molecular formula is C15H29NO3. The number of carbonyl (C=O) groups is 2. The molecule has 4 nitrogen and oxygen atoms in total. The first kappa shape index (κ1) is 17.9. The molecule has 0 aliphatic rings. The van der Waals surface area contributed by atoms with Crippen LogP contribution in [-0.4, -0.2) is 25.5 Å². The van der Waals surface area contributed by atoms with Gasteiger partial charge in [-0.05, 0) is 19.3 Å². The number of carbonyl (C=O) groups excluding carboxylic acids is 2. The molecule has 1 N–H and O–H groups in total. The zero-order valence-corrected chi connectivity index (χ0v) is 12.5. The highest BCUT2D eigenvalue weighted by molar-refractivity contribution is 5.75. The summed E-state index contributed by atoms with van der Waals surface area (Å²) in [5.74, 6) is 0.000538. The van der Waals surface area contributed by atoms with Crippen LogP contribution in [0.25, 0.3) is 0 Å². The summed E-state index contributed by atoms with van der Waals surface area (Å²) in [6.45, 7) is 2.90. The SMILES string of the molecule is CCCCCCCC(=O)NCCCCCC(=O)OC. The second-order valence-electron chi connectivity index (χ2n) is 4.90. The van der Waals surface area contributed by atoms with E-state index in [1.54, 1.807) is 0 Å². The summed E-state index contributed by atoms with van der Waals surface area (Å²) >= 11 is 0. The number of rotatable bonds is 12. The Morgan fingerprint density at radius 1 is 0.895 bits per heavy atom. The maximum absolute atomic E-state index is 11.5. The third-order valence-electron chi connectivity index (χ3n) is 3.11. The Bertz CT molecular complexity index is 242. The van der Waals surface area contributed by atoms with Gasteiger partial charge in [0, 0.05) is 19.4 Å². The van der Waals surface area contributed by atoms with Gasteiger partial charge >= 0.3 is 5.97 Å². The lowest BCUT2D eigenvalue weighted by Gasteiger charge is -2.05. The molecule has 0 aromatic rings. The van der Waals surface area contributed by atoms with Crippen molar-refractivity contribution in [1.29, 1.82) is 0 Å². The lowest BCUT2D eigenvalue weighted by Crippen LogP contribution is -2.24. The van der Waals surface area contributed by atoms with Crippen LogP contribution < -0.4 is 5.32 Å². The standard InChI is InChI=1S/C15H29NO3/c1-3-4-5-6-8-11-14(17)16-13-10-7-9-12-15(18)19-2/h3-13H2,1-2H3,(H,16,17). The van der Waals surface area contributed by atoms with E-state index in [1.807, 2.05) is 0 Å². The summed E-state index contributed by atoms with van der Waals surface area (Å²) in [4.78, 5) is 22.3. The average Bonchev–Trinajstić information content (AvgIpc) is 2.42. The van der Waals surface area contributed by atoms with Crippen molar-refractivity contribution in [3.8, 4) is 0 Å². The molecule has 0 bridgehead atoms. The molecule has 0 fully saturated rings. The van der Waals surface area contributed by atoms with Crippen LogP contribution in [-0.2, 0) is 14.3 Å². The van der Waals surface area contributed by atoms with Gasteiger partial charge in [-0.1, -0.05) is 39.0 Å². The lowest BCUT2D eigenvalue weighted by atomic mass is 10.1. The Morgan fingerprint density at radius 2 is 1.53 bits per heavy atom. The fourth-order valence-electron chi connectivity index (χ4n) is 1.88. The monoisotopic (exact) mass is 271 g/mol. The highest BCUT2D eigenvalue weighted by Crippen LogP contribution is 2.05. The topological polar surface area (TPSA) is 55.4 Å². The first-order chi connectivity index (χ1) is 9.20. The zero-order chi connectivity index (χ0) is 14.3. The van der Waals surface area contributed by atoms with Gasteiger partial charge in [0.25, 0.3) is 0 Å². The Labute approximate surface area is 117 Å². The molecule has 0 saturated carbocycles. The zero-order valence-electron chi connectivity index (χ0n) is 12.5. The van der Waals surface area contributed by atoms with E-state index in [9.17, 15) is 9.59 Å². The van der Waals surface area contributed by atoms with E-state index in [2.05, 4.69) is 17.0 Å². The van der Waals surface area contributed by atoms with Crippen LogP contribution in [0.4, 0.5) is 0 Å². The van der Waals surface area contributed by atoms with Gasteiger partial charge in [-0.3, -0.25) is 9.59 Å². The van der Waals surface area contributed by atoms with Crippen LogP contribution in [0.3, 0.4) is 0 Å². The van der Waals surface area contributed by atoms with Crippen molar-refractivity contribution in [2.24, 2.45) is 0 Å². The molecule has 1 amide bonds. The number of nitrogens with one attached hydrogen (secondary N) is 1. The maximum Gasteiger partial charge on any atom is 0.305 e. The summed E-state index contributed by atoms with van der Waals surface area (Å²) in [7, 11) is 1.41. The smallest absolute Gasteiger partial charge is 0.305 e. The number of unbranched alkanes of at least 4 members (excludes halogenated alkanes) is 6. The second kappa shape index (κ2) is 13.4. The summed E-state index contributed by atoms with van der Waals surface area (Å²) in [6, 6.07) is 0. The molecule has 0 saturated heterocycles. The van der Waals surface area contributed by atoms with E-state index in [0.717, 1.165) is 38.6 Å². The molecule has 0 rings (SSSR count). The van der Waals surface area contributed by atoms with Gasteiger partial charge in [-0.2, -0.15) is 0 Å². The first-order valence-electron chi connectivity index (χ1n) is 7.54. The molecule has 0 radical (unpaired) electrons. The number of hydrogen-bond acceptors (Lipinski definition) is 3. The van der Waals surface area contributed by atoms with Crippen molar-refractivity contribution < 1.29 is 14.3 Å². The van der Waals surface area contributed by atoms with Gasteiger partial charge in [-0.15, -0.1) is 0 Å². The van der Waals surface area contributed by atoms with Crippen molar-refractivity contribution >= 4 is 11.9 Å². The van der Waals surface area contributed by atoms with Crippen LogP contribution >= 0.6 is 0 Å². The molecule has 0 unspecified atom stereocenters. The number of esters is 1. The third kappa shape index (κ3) is 13.2. The van der Waals surface area contributed by atoms with Crippen molar-refractivity contribution in [2.45, 2.75) is 71.1 Å². The number of hydrogen-bond donors (Lipinski definition) is 1. The molecule has 0 atom stereocenters. The largest absolute Gasteiger partial charge is 0.469 e. The van der Waals surface area contributed by atoms with Gasteiger partial charge in [0.2, 0.25) is 5.91 Å². The molecule has 112 valence electrons. The molecule has 0 spiro atoms. The molecular weight excluding hydrogens is 242 g/mol. The normalized spacial score (nSPS) is 10.2.